The number of amides is 1. The lowest BCUT2D eigenvalue weighted by Crippen LogP contribution is -2.48. The minimum Gasteiger partial charge on any atom is -0.351 e. The zero-order chi connectivity index (χ0) is 14.7. The van der Waals surface area contributed by atoms with Gasteiger partial charge in [-0.15, -0.1) is 0 Å². The van der Waals surface area contributed by atoms with E-state index in [0.29, 0.717) is 11.7 Å². The molecule has 0 saturated carbocycles. The first-order valence-corrected chi connectivity index (χ1v) is 7.44. The third-order valence-corrected chi connectivity index (χ3v) is 4.23. The smallest absolute Gasteiger partial charge is 0.345 e. The van der Waals surface area contributed by atoms with Crippen LogP contribution in [0.1, 0.15) is 26.7 Å². The fourth-order valence-electron chi connectivity index (χ4n) is 2.12. The largest absolute Gasteiger partial charge is 0.351 e. The quantitative estimate of drug-likeness (QED) is 0.676. The molecule has 1 atom stereocenters. The Morgan fingerprint density at radius 2 is 2.40 bits per heavy atom. The lowest BCUT2D eigenvalue weighted by atomic mass is 10.1. The van der Waals surface area contributed by atoms with Gasteiger partial charge in [-0.05, 0) is 24.2 Å². The summed E-state index contributed by atoms with van der Waals surface area (Å²) < 4.78 is 0. The van der Waals surface area contributed by atoms with E-state index >= 15 is 0 Å². The van der Waals surface area contributed by atoms with E-state index in [-0.39, 0.29) is 22.9 Å². The summed E-state index contributed by atoms with van der Waals surface area (Å²) in [6, 6.07) is 0.0848. The Balaban J connectivity index is 1.99. The first kappa shape index (κ1) is 14.7. The topological polar surface area (TPSA) is 88.4 Å². The van der Waals surface area contributed by atoms with E-state index < -0.39 is 4.92 Å². The molecule has 1 aliphatic rings. The van der Waals surface area contributed by atoms with E-state index in [4.69, 9.17) is 0 Å². The number of carbonyl (C=O) groups excluding carboxylic acids is 1. The Kier molecular flexibility index (Phi) is 4.53. The minimum absolute atomic E-state index is 0.0358. The summed E-state index contributed by atoms with van der Waals surface area (Å²) in [5.74, 6) is 0.00768. The molecule has 1 amide bonds. The van der Waals surface area contributed by atoms with Crippen molar-refractivity contribution in [3.05, 3.63) is 16.3 Å². The van der Waals surface area contributed by atoms with Gasteiger partial charge in [-0.1, -0.05) is 13.8 Å². The van der Waals surface area contributed by atoms with Gasteiger partial charge in [0.25, 0.3) is 0 Å². The molecular formula is C12H18N4O3S. The van der Waals surface area contributed by atoms with Crippen LogP contribution in [-0.2, 0) is 4.79 Å². The van der Waals surface area contributed by atoms with E-state index in [0.717, 1.165) is 30.7 Å². The SMILES string of the molecule is CC(C)C(=O)NC1CCCN(c2ncc([N+](=O)[O-])s2)C1. The van der Waals surface area contributed by atoms with E-state index in [2.05, 4.69) is 10.3 Å². The molecule has 8 heteroatoms. The number of nitrogens with zero attached hydrogens (tertiary/aromatic N) is 3. The predicted molar refractivity (Wildman–Crippen MR) is 77.0 cm³/mol. The minimum atomic E-state index is -0.427. The number of hydrogen-bond acceptors (Lipinski definition) is 6. The van der Waals surface area contributed by atoms with Crippen molar-refractivity contribution in [2.45, 2.75) is 32.7 Å². The second kappa shape index (κ2) is 6.17. The maximum Gasteiger partial charge on any atom is 0.345 e. The molecule has 1 N–H and O–H groups in total. The van der Waals surface area contributed by atoms with Gasteiger partial charge in [0, 0.05) is 25.0 Å². The number of piperidine rings is 1. The van der Waals surface area contributed by atoms with Crippen molar-refractivity contribution in [1.82, 2.24) is 10.3 Å². The lowest BCUT2D eigenvalue weighted by Gasteiger charge is -2.33. The molecule has 1 unspecified atom stereocenters. The van der Waals surface area contributed by atoms with Crippen molar-refractivity contribution in [2.24, 2.45) is 5.92 Å². The van der Waals surface area contributed by atoms with Crippen LogP contribution in [0.5, 0.6) is 0 Å². The summed E-state index contributed by atoms with van der Waals surface area (Å²) in [4.78, 5) is 28.1. The summed E-state index contributed by atoms with van der Waals surface area (Å²) in [6.45, 7) is 5.20. The molecule has 1 fully saturated rings. The van der Waals surface area contributed by atoms with Gasteiger partial charge < -0.3 is 10.2 Å². The first-order chi connectivity index (χ1) is 9.47. The Hall–Kier alpha value is -1.70. The van der Waals surface area contributed by atoms with Crippen molar-refractivity contribution in [3.63, 3.8) is 0 Å². The van der Waals surface area contributed by atoms with Gasteiger partial charge in [-0.3, -0.25) is 14.9 Å². The number of rotatable bonds is 4. The predicted octanol–water partition coefficient (Wildman–Crippen LogP) is 1.79. The van der Waals surface area contributed by atoms with E-state index in [1.165, 1.54) is 6.20 Å². The molecule has 1 saturated heterocycles. The van der Waals surface area contributed by atoms with E-state index in [1.807, 2.05) is 18.7 Å². The normalized spacial score (nSPS) is 19.1. The van der Waals surface area contributed by atoms with Crippen LogP contribution >= 0.6 is 11.3 Å². The summed E-state index contributed by atoms with van der Waals surface area (Å²) in [7, 11) is 0. The molecule has 110 valence electrons. The van der Waals surface area contributed by atoms with Gasteiger partial charge in [0.1, 0.15) is 6.20 Å². The fraction of sp³-hybridized carbons (Fsp3) is 0.667. The van der Waals surface area contributed by atoms with E-state index in [9.17, 15) is 14.9 Å². The number of anilines is 1. The van der Waals surface area contributed by atoms with Gasteiger partial charge >= 0.3 is 5.00 Å². The van der Waals surface area contributed by atoms with Gasteiger partial charge in [-0.25, -0.2) is 4.98 Å². The van der Waals surface area contributed by atoms with Crippen LogP contribution in [0.15, 0.2) is 6.20 Å². The summed E-state index contributed by atoms with van der Waals surface area (Å²) >= 11 is 1.08. The van der Waals surface area contributed by atoms with E-state index in [1.54, 1.807) is 0 Å². The van der Waals surface area contributed by atoms with Crippen molar-refractivity contribution >= 4 is 27.4 Å². The standard InChI is InChI=1S/C12H18N4O3S/c1-8(2)11(17)14-9-4-3-5-15(7-9)12-13-6-10(20-12)16(18)19/h6,8-9H,3-5,7H2,1-2H3,(H,14,17). The summed E-state index contributed by atoms with van der Waals surface area (Å²) in [5.41, 5.74) is 0. The van der Waals surface area contributed by atoms with Crippen LogP contribution in [0.3, 0.4) is 0 Å². The molecule has 0 aliphatic carbocycles. The molecule has 0 aromatic carbocycles. The molecule has 0 spiro atoms. The molecule has 0 bridgehead atoms. The number of hydrogen-bond donors (Lipinski definition) is 1. The molecule has 20 heavy (non-hydrogen) atoms. The molecule has 2 heterocycles. The average Bonchev–Trinajstić information content (AvgIpc) is 2.88. The second-order valence-electron chi connectivity index (χ2n) is 5.19. The van der Waals surface area contributed by atoms with Crippen molar-refractivity contribution < 1.29 is 9.72 Å². The molecule has 0 radical (unpaired) electrons. The summed E-state index contributed by atoms with van der Waals surface area (Å²) in [5, 5.41) is 14.4. The molecule has 1 aromatic rings. The maximum atomic E-state index is 11.7. The Labute approximate surface area is 121 Å². The van der Waals surface area contributed by atoms with Crippen LogP contribution < -0.4 is 10.2 Å². The summed E-state index contributed by atoms with van der Waals surface area (Å²) in [6.07, 6.45) is 3.16. The van der Waals surface area contributed by atoms with Crippen LogP contribution in [0.4, 0.5) is 10.1 Å². The van der Waals surface area contributed by atoms with Gasteiger partial charge in [0.05, 0.1) is 4.92 Å². The highest BCUT2D eigenvalue weighted by Crippen LogP contribution is 2.30. The molecule has 1 aliphatic heterocycles. The van der Waals surface area contributed by atoms with Crippen LogP contribution in [0.2, 0.25) is 0 Å². The Bertz CT molecular complexity index is 503. The number of aromatic nitrogens is 1. The molecule has 7 nitrogen and oxygen atoms in total. The number of carbonyl (C=O) groups is 1. The third-order valence-electron chi connectivity index (χ3n) is 3.22. The van der Waals surface area contributed by atoms with Crippen LogP contribution in [-0.4, -0.2) is 34.9 Å². The zero-order valence-electron chi connectivity index (χ0n) is 11.5. The highest BCUT2D eigenvalue weighted by Gasteiger charge is 2.25. The molecule has 1 aromatic heterocycles. The zero-order valence-corrected chi connectivity index (χ0v) is 12.4. The second-order valence-corrected chi connectivity index (χ2v) is 6.17. The van der Waals surface area contributed by atoms with Gasteiger partial charge in [-0.2, -0.15) is 0 Å². The highest BCUT2D eigenvalue weighted by atomic mass is 32.1. The van der Waals surface area contributed by atoms with Crippen molar-refractivity contribution in [2.75, 3.05) is 18.0 Å². The highest BCUT2D eigenvalue weighted by molar-refractivity contribution is 7.18. The number of nitrogens with one attached hydrogen (secondary N) is 1. The van der Waals surface area contributed by atoms with Crippen molar-refractivity contribution in [1.29, 1.82) is 0 Å². The molecule has 2 rings (SSSR count). The average molecular weight is 298 g/mol. The Morgan fingerprint density at radius 1 is 1.65 bits per heavy atom. The van der Waals surface area contributed by atoms with Crippen molar-refractivity contribution in [3.8, 4) is 0 Å². The van der Waals surface area contributed by atoms with Gasteiger partial charge in [0.15, 0.2) is 5.13 Å². The van der Waals surface area contributed by atoms with Crippen LogP contribution in [0, 0.1) is 16.0 Å². The first-order valence-electron chi connectivity index (χ1n) is 6.63. The fourth-order valence-corrected chi connectivity index (χ4v) is 2.89. The molecular weight excluding hydrogens is 280 g/mol. The lowest BCUT2D eigenvalue weighted by molar-refractivity contribution is -0.380. The van der Waals surface area contributed by atoms with Gasteiger partial charge in [0.2, 0.25) is 5.91 Å². The Morgan fingerprint density at radius 3 is 3.00 bits per heavy atom. The maximum absolute atomic E-state index is 11.7. The number of thiazole rings is 1. The van der Waals surface area contributed by atoms with Crippen LogP contribution in [0.25, 0.3) is 0 Å². The third kappa shape index (κ3) is 3.44. The number of nitro groups is 1. The monoisotopic (exact) mass is 298 g/mol.